The van der Waals surface area contributed by atoms with E-state index in [1.54, 1.807) is 0 Å². The normalized spacial score (nSPS) is 12.7. The third kappa shape index (κ3) is 6.63. The molecule has 0 saturated heterocycles. The first-order valence-electron chi connectivity index (χ1n) is 7.28. The van der Waals surface area contributed by atoms with Crippen LogP contribution in [0.4, 0.5) is 5.69 Å². The molecule has 0 bridgehead atoms. The van der Waals surface area contributed by atoms with Gasteiger partial charge in [0, 0.05) is 11.2 Å². The van der Waals surface area contributed by atoms with E-state index in [9.17, 15) is 0 Å². The number of nitrogens with one attached hydrogen (secondary N) is 1. The van der Waals surface area contributed by atoms with Crippen LogP contribution in [0.1, 0.15) is 53.0 Å². The highest BCUT2D eigenvalue weighted by Gasteiger charge is 2.24. The van der Waals surface area contributed by atoms with Gasteiger partial charge in [-0.05, 0) is 56.7 Å². The zero-order valence-electron chi connectivity index (χ0n) is 13.2. The molecule has 0 aliphatic rings. The minimum Gasteiger partial charge on any atom is -0.399 e. The van der Waals surface area contributed by atoms with Crippen molar-refractivity contribution < 1.29 is 0 Å². The Kier molecular flexibility index (Phi) is 5.42. The summed E-state index contributed by atoms with van der Waals surface area (Å²) in [7, 11) is 0. The molecule has 0 aliphatic carbocycles. The lowest BCUT2D eigenvalue weighted by Gasteiger charge is -2.33. The van der Waals surface area contributed by atoms with Gasteiger partial charge in [0.05, 0.1) is 0 Å². The molecule has 0 unspecified atom stereocenters. The lowest BCUT2D eigenvalue weighted by atomic mass is 9.82. The zero-order chi connectivity index (χ0) is 14.5. The molecular weight excluding hydrogens is 232 g/mol. The Balaban J connectivity index is 2.33. The van der Waals surface area contributed by atoms with Crippen LogP contribution in [0, 0.1) is 5.41 Å². The summed E-state index contributed by atoms with van der Waals surface area (Å²) >= 11 is 0. The Morgan fingerprint density at radius 3 is 2.26 bits per heavy atom. The van der Waals surface area contributed by atoms with Gasteiger partial charge in [-0.3, -0.25) is 0 Å². The van der Waals surface area contributed by atoms with Crippen molar-refractivity contribution in [1.29, 1.82) is 0 Å². The second-order valence-electron chi connectivity index (χ2n) is 7.35. The smallest absolute Gasteiger partial charge is 0.0346 e. The molecule has 0 radical (unpaired) electrons. The maximum Gasteiger partial charge on any atom is 0.0346 e. The molecule has 2 heteroatoms. The van der Waals surface area contributed by atoms with Crippen molar-refractivity contribution in [3.63, 3.8) is 0 Å². The molecule has 2 nitrogen and oxygen atoms in total. The van der Waals surface area contributed by atoms with Crippen LogP contribution in [0.15, 0.2) is 24.3 Å². The van der Waals surface area contributed by atoms with Gasteiger partial charge in [0.25, 0.3) is 0 Å². The molecule has 0 aromatic heterocycles. The van der Waals surface area contributed by atoms with Crippen molar-refractivity contribution in [3.8, 4) is 0 Å². The largest absolute Gasteiger partial charge is 0.399 e. The molecule has 1 aromatic carbocycles. The highest BCUT2D eigenvalue weighted by molar-refractivity contribution is 5.46. The average molecular weight is 262 g/mol. The maximum absolute atomic E-state index is 5.95. The SMILES string of the molecule is CC(C)(C)CC(C)(C)NCCCc1ccccc1N. The third-order valence-corrected chi connectivity index (χ3v) is 3.25. The highest BCUT2D eigenvalue weighted by Crippen LogP contribution is 2.26. The van der Waals surface area contributed by atoms with Crippen LogP contribution in [0.3, 0.4) is 0 Å². The minimum atomic E-state index is 0.195. The monoisotopic (exact) mass is 262 g/mol. The Morgan fingerprint density at radius 2 is 1.68 bits per heavy atom. The van der Waals surface area contributed by atoms with Crippen molar-refractivity contribution in [2.24, 2.45) is 5.41 Å². The predicted molar refractivity (Wildman–Crippen MR) is 85.3 cm³/mol. The van der Waals surface area contributed by atoms with Gasteiger partial charge in [0.2, 0.25) is 0 Å². The van der Waals surface area contributed by atoms with Crippen LogP contribution in [-0.4, -0.2) is 12.1 Å². The van der Waals surface area contributed by atoms with Crippen molar-refractivity contribution >= 4 is 5.69 Å². The number of hydrogen-bond donors (Lipinski definition) is 2. The van der Waals surface area contributed by atoms with Crippen LogP contribution in [-0.2, 0) is 6.42 Å². The van der Waals surface area contributed by atoms with Crippen LogP contribution in [0.5, 0.6) is 0 Å². The van der Waals surface area contributed by atoms with E-state index < -0.39 is 0 Å². The molecule has 1 aromatic rings. The summed E-state index contributed by atoms with van der Waals surface area (Å²) < 4.78 is 0. The lowest BCUT2D eigenvalue weighted by molar-refractivity contribution is 0.242. The molecule has 108 valence electrons. The van der Waals surface area contributed by atoms with E-state index >= 15 is 0 Å². The number of rotatable bonds is 6. The first-order valence-corrected chi connectivity index (χ1v) is 7.28. The van der Waals surface area contributed by atoms with Crippen molar-refractivity contribution in [2.75, 3.05) is 12.3 Å². The topological polar surface area (TPSA) is 38.0 Å². The van der Waals surface area contributed by atoms with E-state index in [1.807, 2.05) is 12.1 Å². The first kappa shape index (κ1) is 16.0. The van der Waals surface area contributed by atoms with E-state index in [2.05, 4.69) is 52.1 Å². The number of nitrogen functional groups attached to an aromatic ring is 1. The van der Waals surface area contributed by atoms with Crippen LogP contribution >= 0.6 is 0 Å². The molecular formula is C17H30N2. The zero-order valence-corrected chi connectivity index (χ0v) is 13.2. The molecule has 0 aliphatic heterocycles. The summed E-state index contributed by atoms with van der Waals surface area (Å²) in [6.07, 6.45) is 3.35. The number of benzene rings is 1. The quantitative estimate of drug-likeness (QED) is 0.600. The summed E-state index contributed by atoms with van der Waals surface area (Å²) in [5.74, 6) is 0. The lowest BCUT2D eigenvalue weighted by Crippen LogP contribution is -2.42. The maximum atomic E-state index is 5.95. The van der Waals surface area contributed by atoms with Crippen molar-refractivity contribution in [2.45, 2.75) is 59.4 Å². The molecule has 0 saturated carbocycles. The summed E-state index contributed by atoms with van der Waals surface area (Å²) in [6, 6.07) is 8.15. The van der Waals surface area contributed by atoms with Gasteiger partial charge in [-0.2, -0.15) is 0 Å². The molecule has 0 heterocycles. The standard InChI is InChI=1S/C17H30N2/c1-16(2,3)13-17(4,5)19-12-8-10-14-9-6-7-11-15(14)18/h6-7,9,11,19H,8,10,12-13,18H2,1-5H3. The van der Waals surface area contributed by atoms with Gasteiger partial charge < -0.3 is 11.1 Å². The Bertz CT molecular complexity index is 388. The van der Waals surface area contributed by atoms with Gasteiger partial charge in [-0.15, -0.1) is 0 Å². The van der Waals surface area contributed by atoms with Crippen molar-refractivity contribution in [1.82, 2.24) is 5.32 Å². The fourth-order valence-electron chi connectivity index (χ4n) is 2.86. The van der Waals surface area contributed by atoms with E-state index in [4.69, 9.17) is 5.73 Å². The fourth-order valence-corrected chi connectivity index (χ4v) is 2.86. The summed E-state index contributed by atoms with van der Waals surface area (Å²) in [5.41, 5.74) is 8.68. The van der Waals surface area contributed by atoms with Crippen LogP contribution < -0.4 is 11.1 Å². The van der Waals surface area contributed by atoms with Gasteiger partial charge in [-0.1, -0.05) is 39.0 Å². The molecule has 3 N–H and O–H groups in total. The highest BCUT2D eigenvalue weighted by atomic mass is 14.9. The minimum absolute atomic E-state index is 0.195. The Hall–Kier alpha value is -1.02. The van der Waals surface area contributed by atoms with Gasteiger partial charge >= 0.3 is 0 Å². The molecule has 1 rings (SSSR count). The summed E-state index contributed by atoms with van der Waals surface area (Å²) in [4.78, 5) is 0. The van der Waals surface area contributed by atoms with E-state index in [1.165, 1.54) is 12.0 Å². The number of nitrogens with two attached hydrogens (primary N) is 1. The third-order valence-electron chi connectivity index (χ3n) is 3.25. The second kappa shape index (κ2) is 6.42. The summed E-state index contributed by atoms with van der Waals surface area (Å²) in [5, 5.41) is 3.66. The number of aryl methyl sites for hydroxylation is 1. The van der Waals surface area contributed by atoms with E-state index in [0.717, 1.165) is 25.1 Å². The molecule has 0 amide bonds. The number of anilines is 1. The van der Waals surface area contributed by atoms with Gasteiger partial charge in [0.15, 0.2) is 0 Å². The average Bonchev–Trinajstić information content (AvgIpc) is 2.23. The second-order valence-corrected chi connectivity index (χ2v) is 7.35. The molecule has 0 atom stereocenters. The number of para-hydroxylation sites is 1. The first-order chi connectivity index (χ1) is 8.70. The van der Waals surface area contributed by atoms with Crippen molar-refractivity contribution in [3.05, 3.63) is 29.8 Å². The van der Waals surface area contributed by atoms with E-state index in [-0.39, 0.29) is 5.54 Å². The van der Waals surface area contributed by atoms with Crippen LogP contribution in [0.2, 0.25) is 0 Å². The molecule has 0 fully saturated rings. The fraction of sp³-hybridized carbons (Fsp3) is 0.647. The Morgan fingerprint density at radius 1 is 1.05 bits per heavy atom. The number of hydrogen-bond acceptors (Lipinski definition) is 2. The van der Waals surface area contributed by atoms with Crippen LogP contribution in [0.25, 0.3) is 0 Å². The van der Waals surface area contributed by atoms with Gasteiger partial charge in [0.1, 0.15) is 0 Å². The molecule has 0 spiro atoms. The summed E-state index contributed by atoms with van der Waals surface area (Å²) in [6.45, 7) is 12.5. The van der Waals surface area contributed by atoms with Gasteiger partial charge in [-0.25, -0.2) is 0 Å². The Labute approximate surface area is 118 Å². The molecule has 19 heavy (non-hydrogen) atoms. The predicted octanol–water partition coefficient (Wildman–Crippen LogP) is 4.01. The van der Waals surface area contributed by atoms with E-state index in [0.29, 0.717) is 5.41 Å².